The standard InChI is InChI=1S/C9H11NO3/c1-13-8-3-5(6-4-10-6)2-7(11)9(8)12/h2-3,6,10-12H,4H2,1H3/t6-/m1/s1. The Bertz CT molecular complexity index is 334. The average molecular weight is 181 g/mol. The zero-order valence-electron chi connectivity index (χ0n) is 7.24. The number of hydrogen-bond donors (Lipinski definition) is 3. The Morgan fingerprint density at radius 2 is 2.15 bits per heavy atom. The molecular formula is C9H11NO3. The Morgan fingerprint density at radius 3 is 2.69 bits per heavy atom. The summed E-state index contributed by atoms with van der Waals surface area (Å²) in [5, 5.41) is 21.8. The quantitative estimate of drug-likeness (QED) is 0.465. The van der Waals surface area contributed by atoms with Crippen molar-refractivity contribution in [2.75, 3.05) is 13.7 Å². The summed E-state index contributed by atoms with van der Waals surface area (Å²) in [5.74, 6) is -0.0290. The summed E-state index contributed by atoms with van der Waals surface area (Å²) in [5.41, 5.74) is 0.937. The number of aromatic hydroxyl groups is 2. The first kappa shape index (κ1) is 8.19. The summed E-state index contributed by atoms with van der Waals surface area (Å²) in [6.07, 6.45) is 0. The number of methoxy groups -OCH3 is 1. The molecule has 4 nitrogen and oxygen atoms in total. The van der Waals surface area contributed by atoms with Gasteiger partial charge in [-0.3, -0.25) is 0 Å². The molecule has 0 saturated carbocycles. The van der Waals surface area contributed by atoms with Crippen LogP contribution in [-0.2, 0) is 0 Å². The van der Waals surface area contributed by atoms with Crippen LogP contribution in [0, 0.1) is 0 Å². The van der Waals surface area contributed by atoms with Crippen LogP contribution in [0.2, 0.25) is 0 Å². The van der Waals surface area contributed by atoms with Crippen LogP contribution in [-0.4, -0.2) is 23.9 Å². The molecule has 70 valence electrons. The zero-order valence-corrected chi connectivity index (χ0v) is 7.24. The predicted octanol–water partition coefficient (Wildman–Crippen LogP) is 0.751. The van der Waals surface area contributed by atoms with Gasteiger partial charge in [0.25, 0.3) is 0 Å². The van der Waals surface area contributed by atoms with E-state index in [0.717, 1.165) is 12.1 Å². The Balaban J connectivity index is 2.43. The van der Waals surface area contributed by atoms with Crippen LogP contribution in [0.1, 0.15) is 11.6 Å². The molecule has 1 aromatic carbocycles. The molecule has 1 aliphatic rings. The number of nitrogens with one attached hydrogen (secondary N) is 1. The van der Waals surface area contributed by atoms with Gasteiger partial charge in [-0.15, -0.1) is 0 Å². The van der Waals surface area contributed by atoms with Gasteiger partial charge in [0.05, 0.1) is 7.11 Å². The minimum atomic E-state index is -0.202. The molecule has 0 spiro atoms. The van der Waals surface area contributed by atoms with E-state index in [-0.39, 0.29) is 11.5 Å². The molecule has 0 amide bonds. The van der Waals surface area contributed by atoms with E-state index in [1.54, 1.807) is 12.1 Å². The van der Waals surface area contributed by atoms with Crippen LogP contribution < -0.4 is 10.1 Å². The molecule has 2 rings (SSSR count). The van der Waals surface area contributed by atoms with Gasteiger partial charge in [0.2, 0.25) is 5.75 Å². The van der Waals surface area contributed by atoms with Crippen molar-refractivity contribution in [3.8, 4) is 17.2 Å². The van der Waals surface area contributed by atoms with Crippen molar-refractivity contribution >= 4 is 0 Å². The number of benzene rings is 1. The smallest absolute Gasteiger partial charge is 0.200 e. The third-order valence-electron chi connectivity index (χ3n) is 2.11. The van der Waals surface area contributed by atoms with Gasteiger partial charge in [-0.2, -0.15) is 0 Å². The normalized spacial score (nSPS) is 19.9. The lowest BCUT2D eigenvalue weighted by atomic mass is 10.1. The van der Waals surface area contributed by atoms with E-state index >= 15 is 0 Å². The SMILES string of the molecule is COc1cc([C@H]2CN2)cc(O)c1O. The fourth-order valence-corrected chi connectivity index (χ4v) is 1.27. The van der Waals surface area contributed by atoms with Crippen LogP contribution in [0.4, 0.5) is 0 Å². The van der Waals surface area contributed by atoms with Crippen molar-refractivity contribution in [2.45, 2.75) is 6.04 Å². The number of ether oxygens (including phenoxy) is 1. The van der Waals surface area contributed by atoms with Gasteiger partial charge in [0.1, 0.15) is 0 Å². The highest BCUT2D eigenvalue weighted by atomic mass is 16.5. The monoisotopic (exact) mass is 181 g/mol. The van der Waals surface area contributed by atoms with E-state index in [1.165, 1.54) is 7.11 Å². The number of hydrogen-bond acceptors (Lipinski definition) is 4. The molecule has 1 aromatic rings. The highest BCUT2D eigenvalue weighted by molar-refractivity contribution is 5.53. The molecule has 1 fully saturated rings. The first-order valence-corrected chi connectivity index (χ1v) is 4.05. The topological polar surface area (TPSA) is 71.6 Å². The zero-order chi connectivity index (χ0) is 9.42. The number of phenols is 2. The molecule has 1 aliphatic heterocycles. The first-order valence-electron chi connectivity index (χ1n) is 4.05. The summed E-state index contributed by atoms with van der Waals surface area (Å²) >= 11 is 0. The van der Waals surface area contributed by atoms with Crippen molar-refractivity contribution in [3.05, 3.63) is 17.7 Å². The second kappa shape index (κ2) is 2.81. The van der Waals surface area contributed by atoms with Crippen molar-refractivity contribution < 1.29 is 14.9 Å². The lowest BCUT2D eigenvalue weighted by Gasteiger charge is -2.07. The van der Waals surface area contributed by atoms with Crippen molar-refractivity contribution in [1.29, 1.82) is 0 Å². The van der Waals surface area contributed by atoms with E-state index in [1.807, 2.05) is 0 Å². The van der Waals surface area contributed by atoms with Gasteiger partial charge in [-0.25, -0.2) is 0 Å². The molecule has 4 heteroatoms. The fourth-order valence-electron chi connectivity index (χ4n) is 1.27. The third-order valence-corrected chi connectivity index (χ3v) is 2.11. The molecule has 0 unspecified atom stereocenters. The van der Waals surface area contributed by atoms with E-state index in [9.17, 15) is 10.2 Å². The van der Waals surface area contributed by atoms with Crippen LogP contribution in [0.3, 0.4) is 0 Å². The first-order chi connectivity index (χ1) is 6.22. The highest BCUT2D eigenvalue weighted by Crippen LogP contribution is 2.39. The molecule has 0 radical (unpaired) electrons. The van der Waals surface area contributed by atoms with Crippen LogP contribution in [0.15, 0.2) is 12.1 Å². The van der Waals surface area contributed by atoms with E-state index in [4.69, 9.17) is 4.74 Å². The van der Waals surface area contributed by atoms with Crippen LogP contribution in [0.5, 0.6) is 17.2 Å². The Hall–Kier alpha value is -1.42. The fraction of sp³-hybridized carbons (Fsp3) is 0.333. The second-order valence-corrected chi connectivity index (χ2v) is 3.05. The minimum Gasteiger partial charge on any atom is -0.504 e. The van der Waals surface area contributed by atoms with E-state index in [2.05, 4.69) is 5.32 Å². The number of rotatable bonds is 2. The maximum Gasteiger partial charge on any atom is 0.200 e. The third kappa shape index (κ3) is 1.40. The molecule has 0 aromatic heterocycles. The highest BCUT2D eigenvalue weighted by Gasteiger charge is 2.24. The Labute approximate surface area is 75.8 Å². The lowest BCUT2D eigenvalue weighted by molar-refractivity contribution is 0.350. The van der Waals surface area contributed by atoms with Gasteiger partial charge >= 0.3 is 0 Å². The molecular weight excluding hydrogens is 170 g/mol. The Kier molecular flexibility index (Phi) is 1.77. The summed E-state index contributed by atoms with van der Waals surface area (Å²) in [6.45, 7) is 0.910. The average Bonchev–Trinajstić information content (AvgIpc) is 2.92. The van der Waals surface area contributed by atoms with Gasteiger partial charge in [-0.1, -0.05) is 0 Å². The van der Waals surface area contributed by atoms with Crippen molar-refractivity contribution in [2.24, 2.45) is 0 Å². The molecule has 13 heavy (non-hydrogen) atoms. The molecule has 1 atom stereocenters. The molecule has 0 bridgehead atoms. The van der Waals surface area contributed by atoms with Gasteiger partial charge < -0.3 is 20.3 Å². The van der Waals surface area contributed by atoms with Crippen LogP contribution in [0.25, 0.3) is 0 Å². The summed E-state index contributed by atoms with van der Waals surface area (Å²) in [4.78, 5) is 0. The lowest BCUT2D eigenvalue weighted by Crippen LogP contribution is -1.89. The van der Waals surface area contributed by atoms with Gasteiger partial charge in [0, 0.05) is 12.6 Å². The summed E-state index contributed by atoms with van der Waals surface area (Å²) in [6, 6.07) is 3.56. The summed E-state index contributed by atoms with van der Waals surface area (Å²) in [7, 11) is 1.46. The Morgan fingerprint density at radius 1 is 1.46 bits per heavy atom. The molecule has 0 aliphatic carbocycles. The molecule has 3 N–H and O–H groups in total. The minimum absolute atomic E-state index is 0.136. The maximum absolute atomic E-state index is 9.33. The van der Waals surface area contributed by atoms with E-state index < -0.39 is 0 Å². The van der Waals surface area contributed by atoms with Gasteiger partial charge in [0.15, 0.2) is 11.5 Å². The largest absolute Gasteiger partial charge is 0.504 e. The van der Waals surface area contributed by atoms with Crippen molar-refractivity contribution in [3.63, 3.8) is 0 Å². The molecule has 1 saturated heterocycles. The van der Waals surface area contributed by atoms with Crippen LogP contribution >= 0.6 is 0 Å². The maximum atomic E-state index is 9.33. The van der Waals surface area contributed by atoms with E-state index in [0.29, 0.717) is 11.8 Å². The predicted molar refractivity (Wildman–Crippen MR) is 47.1 cm³/mol. The second-order valence-electron chi connectivity index (χ2n) is 3.05. The number of phenolic OH excluding ortho intramolecular Hbond substituents is 2. The molecule has 1 heterocycles. The van der Waals surface area contributed by atoms with Crippen molar-refractivity contribution in [1.82, 2.24) is 5.32 Å². The summed E-state index contributed by atoms with van der Waals surface area (Å²) < 4.78 is 4.91. The van der Waals surface area contributed by atoms with Gasteiger partial charge in [-0.05, 0) is 17.7 Å².